The van der Waals surface area contributed by atoms with E-state index in [2.05, 4.69) is 29.4 Å². The molecule has 8 nitrogen and oxygen atoms in total. The molecule has 3 rings (SSSR count). The smallest absolute Gasteiger partial charge is 0.277 e. The predicted molar refractivity (Wildman–Crippen MR) is 106 cm³/mol. The lowest BCUT2D eigenvalue weighted by atomic mass is 10.0. The first-order valence-electron chi connectivity index (χ1n) is 8.53. The average Bonchev–Trinajstić information content (AvgIpc) is 3.16. The number of nitrogens with zero attached hydrogens (tertiary/aromatic N) is 3. The molecule has 0 bridgehead atoms. The molecule has 0 fully saturated rings. The summed E-state index contributed by atoms with van der Waals surface area (Å²) < 4.78 is 5.50. The van der Waals surface area contributed by atoms with E-state index in [0.717, 1.165) is 17.4 Å². The Balaban J connectivity index is 1.55. The number of nitrogens with one attached hydrogen (secondary N) is 1. The van der Waals surface area contributed by atoms with Crippen LogP contribution < -0.4 is 5.32 Å². The van der Waals surface area contributed by atoms with Crippen molar-refractivity contribution in [1.82, 2.24) is 10.2 Å². The zero-order valence-corrected chi connectivity index (χ0v) is 16.1. The van der Waals surface area contributed by atoms with Gasteiger partial charge in [0.25, 0.3) is 10.9 Å². The summed E-state index contributed by atoms with van der Waals surface area (Å²) in [4.78, 5) is 22.3. The molecule has 0 aliphatic heterocycles. The lowest BCUT2D eigenvalue weighted by Crippen LogP contribution is -2.14. The molecule has 0 saturated carbocycles. The third-order valence-electron chi connectivity index (χ3n) is 3.92. The van der Waals surface area contributed by atoms with E-state index in [0.29, 0.717) is 11.5 Å². The highest BCUT2D eigenvalue weighted by atomic mass is 32.2. The molecule has 0 saturated heterocycles. The van der Waals surface area contributed by atoms with Crippen LogP contribution in [0.4, 0.5) is 11.4 Å². The molecular weight excluding hydrogens is 380 g/mol. The fraction of sp³-hybridized carbons (Fsp3) is 0.211. The quantitative estimate of drug-likeness (QED) is 0.354. The van der Waals surface area contributed by atoms with Crippen molar-refractivity contribution >= 4 is 29.0 Å². The van der Waals surface area contributed by atoms with Gasteiger partial charge in [-0.2, -0.15) is 0 Å². The van der Waals surface area contributed by atoms with E-state index in [1.54, 1.807) is 0 Å². The second-order valence-electron chi connectivity index (χ2n) is 6.29. The highest BCUT2D eigenvalue weighted by Gasteiger charge is 2.13. The second kappa shape index (κ2) is 8.66. The third kappa shape index (κ3) is 4.95. The number of amides is 1. The molecule has 144 valence electrons. The van der Waals surface area contributed by atoms with Crippen LogP contribution in [0.25, 0.3) is 11.5 Å². The van der Waals surface area contributed by atoms with E-state index in [9.17, 15) is 14.9 Å². The van der Waals surface area contributed by atoms with E-state index < -0.39 is 4.92 Å². The minimum Gasteiger partial charge on any atom is -0.411 e. The number of thioether (sulfide) groups is 1. The van der Waals surface area contributed by atoms with Gasteiger partial charge >= 0.3 is 0 Å². The van der Waals surface area contributed by atoms with Crippen molar-refractivity contribution < 1.29 is 14.1 Å². The van der Waals surface area contributed by atoms with Gasteiger partial charge in [-0.05, 0) is 35.7 Å². The van der Waals surface area contributed by atoms with E-state index in [-0.39, 0.29) is 28.5 Å². The topological polar surface area (TPSA) is 111 Å². The van der Waals surface area contributed by atoms with Crippen LogP contribution in [0, 0.1) is 10.1 Å². The first-order valence-corrected chi connectivity index (χ1v) is 9.52. The molecular formula is C19H18N4O4S. The van der Waals surface area contributed by atoms with Crippen molar-refractivity contribution in [2.24, 2.45) is 0 Å². The second-order valence-corrected chi connectivity index (χ2v) is 7.22. The highest BCUT2D eigenvalue weighted by molar-refractivity contribution is 7.99. The fourth-order valence-electron chi connectivity index (χ4n) is 2.39. The maximum atomic E-state index is 12.1. The van der Waals surface area contributed by atoms with Crippen molar-refractivity contribution in [3.63, 3.8) is 0 Å². The lowest BCUT2D eigenvalue weighted by Gasteiger charge is -2.07. The maximum absolute atomic E-state index is 12.1. The predicted octanol–water partition coefficient (Wildman–Crippen LogP) is 4.50. The Labute approximate surface area is 165 Å². The molecule has 1 aromatic heterocycles. The molecule has 3 aromatic rings. The van der Waals surface area contributed by atoms with Gasteiger partial charge in [0.05, 0.1) is 10.7 Å². The zero-order valence-electron chi connectivity index (χ0n) is 15.3. The van der Waals surface area contributed by atoms with Gasteiger partial charge < -0.3 is 9.73 Å². The zero-order chi connectivity index (χ0) is 20.1. The molecule has 0 atom stereocenters. The lowest BCUT2D eigenvalue weighted by molar-refractivity contribution is -0.384. The van der Waals surface area contributed by atoms with Gasteiger partial charge in [0.1, 0.15) is 0 Å². The minimum atomic E-state index is -0.478. The Morgan fingerprint density at radius 1 is 1.14 bits per heavy atom. The van der Waals surface area contributed by atoms with Crippen molar-refractivity contribution in [2.45, 2.75) is 25.0 Å². The van der Waals surface area contributed by atoms with Crippen LogP contribution in [0.1, 0.15) is 25.3 Å². The first-order chi connectivity index (χ1) is 13.4. The molecule has 0 radical (unpaired) electrons. The van der Waals surface area contributed by atoms with Gasteiger partial charge in [-0.15, -0.1) is 10.2 Å². The number of hydrogen-bond acceptors (Lipinski definition) is 7. The molecule has 1 N–H and O–H groups in total. The Kier molecular flexibility index (Phi) is 6.05. The van der Waals surface area contributed by atoms with Gasteiger partial charge in [0.15, 0.2) is 0 Å². The van der Waals surface area contributed by atoms with E-state index in [4.69, 9.17) is 4.42 Å². The van der Waals surface area contributed by atoms with Crippen LogP contribution in [-0.4, -0.2) is 26.8 Å². The molecule has 1 amide bonds. The van der Waals surface area contributed by atoms with Crippen molar-refractivity contribution in [2.75, 3.05) is 11.1 Å². The molecule has 1 heterocycles. The number of anilines is 1. The Morgan fingerprint density at radius 3 is 2.43 bits per heavy atom. The van der Waals surface area contributed by atoms with Crippen molar-refractivity contribution in [1.29, 1.82) is 0 Å². The van der Waals surface area contributed by atoms with Gasteiger partial charge in [0.2, 0.25) is 11.8 Å². The average molecular weight is 398 g/mol. The number of non-ortho nitro benzene ring substituents is 1. The molecule has 0 aliphatic carbocycles. The van der Waals surface area contributed by atoms with E-state index in [1.807, 2.05) is 24.3 Å². The third-order valence-corrected chi connectivity index (χ3v) is 4.74. The summed E-state index contributed by atoms with van der Waals surface area (Å²) in [6.45, 7) is 4.22. The molecule has 0 spiro atoms. The van der Waals surface area contributed by atoms with Crippen LogP contribution >= 0.6 is 11.8 Å². The summed E-state index contributed by atoms with van der Waals surface area (Å²) in [6, 6.07) is 13.5. The molecule has 0 unspecified atom stereocenters. The Bertz CT molecular complexity index is 968. The van der Waals surface area contributed by atoms with Crippen LogP contribution in [0.15, 0.2) is 58.2 Å². The number of nitro benzene ring substituents is 1. The van der Waals surface area contributed by atoms with Gasteiger partial charge in [-0.1, -0.05) is 37.7 Å². The molecule has 28 heavy (non-hydrogen) atoms. The number of hydrogen-bond donors (Lipinski definition) is 1. The Hall–Kier alpha value is -3.20. The Morgan fingerprint density at radius 2 is 1.82 bits per heavy atom. The number of carbonyl (C=O) groups is 1. The molecule has 9 heteroatoms. The standard InChI is InChI=1S/C19H18N4O4S/c1-12(2)13-3-7-15(8-4-13)20-17(24)11-28-19-22-21-18(27-19)14-5-9-16(10-6-14)23(25)26/h3-10,12H,11H2,1-2H3,(H,20,24). The number of carbonyl (C=O) groups excluding carboxylic acids is 1. The van der Waals surface area contributed by atoms with Crippen LogP contribution in [0.3, 0.4) is 0 Å². The normalized spacial score (nSPS) is 10.8. The summed E-state index contributed by atoms with van der Waals surface area (Å²) >= 11 is 1.12. The van der Waals surface area contributed by atoms with E-state index >= 15 is 0 Å². The largest absolute Gasteiger partial charge is 0.411 e. The number of benzene rings is 2. The highest BCUT2D eigenvalue weighted by Crippen LogP contribution is 2.25. The number of aromatic nitrogens is 2. The number of nitro groups is 1. The summed E-state index contributed by atoms with van der Waals surface area (Å²) in [5.74, 6) is 0.607. The van der Waals surface area contributed by atoms with E-state index in [1.165, 1.54) is 29.8 Å². The SMILES string of the molecule is CC(C)c1ccc(NC(=O)CSc2nnc(-c3ccc([N+](=O)[O-])cc3)o2)cc1. The van der Waals surface area contributed by atoms with Gasteiger partial charge in [0, 0.05) is 23.4 Å². The fourth-order valence-corrected chi connectivity index (χ4v) is 2.95. The van der Waals surface area contributed by atoms with Crippen LogP contribution in [0.5, 0.6) is 0 Å². The minimum absolute atomic E-state index is 0.0176. The summed E-state index contributed by atoms with van der Waals surface area (Å²) in [5.41, 5.74) is 2.49. The van der Waals surface area contributed by atoms with Crippen molar-refractivity contribution in [3.8, 4) is 11.5 Å². The van der Waals surface area contributed by atoms with Crippen molar-refractivity contribution in [3.05, 3.63) is 64.2 Å². The van der Waals surface area contributed by atoms with Crippen LogP contribution in [0.2, 0.25) is 0 Å². The summed E-state index contributed by atoms with van der Waals surface area (Å²) in [7, 11) is 0. The first kappa shape index (κ1) is 19.6. The maximum Gasteiger partial charge on any atom is 0.277 e. The summed E-state index contributed by atoms with van der Waals surface area (Å²) in [6.07, 6.45) is 0. The van der Waals surface area contributed by atoms with Gasteiger partial charge in [-0.3, -0.25) is 14.9 Å². The monoisotopic (exact) mass is 398 g/mol. The van der Waals surface area contributed by atoms with Crippen LogP contribution in [-0.2, 0) is 4.79 Å². The molecule has 2 aromatic carbocycles. The van der Waals surface area contributed by atoms with Gasteiger partial charge in [-0.25, -0.2) is 0 Å². The molecule has 0 aliphatic rings. The summed E-state index contributed by atoms with van der Waals surface area (Å²) in [5, 5.41) is 21.6. The number of rotatable bonds is 7.